The zero-order chi connectivity index (χ0) is 11.1. The van der Waals surface area contributed by atoms with E-state index in [-0.39, 0.29) is 0 Å². The van der Waals surface area contributed by atoms with E-state index in [2.05, 4.69) is 4.74 Å². The molecule has 0 aliphatic carbocycles. The third-order valence-corrected chi connectivity index (χ3v) is 1.33. The van der Waals surface area contributed by atoms with Crippen molar-refractivity contribution in [1.82, 2.24) is 0 Å². The average molecular weight is 198 g/mol. The molecule has 1 heterocycles. The molecule has 1 aliphatic rings. The number of cyclic esters (lactones) is 2. The molecule has 5 heteroatoms. The van der Waals surface area contributed by atoms with Crippen LogP contribution < -0.4 is 0 Å². The third-order valence-electron chi connectivity index (χ3n) is 1.33. The van der Waals surface area contributed by atoms with Crippen LogP contribution in [0.2, 0.25) is 0 Å². The van der Waals surface area contributed by atoms with Gasteiger partial charge in [-0.25, -0.2) is 14.4 Å². The van der Waals surface area contributed by atoms with E-state index < -0.39 is 17.9 Å². The molecule has 0 aromatic heterocycles. The Balaban J connectivity index is 0.000000241. The van der Waals surface area contributed by atoms with Gasteiger partial charge in [0.2, 0.25) is 0 Å². The standard InChI is InChI=1S/C5H8O2.C4H2O3/c1-3-4(2)5(6)7;5-3-1-2-4(6)7-3/h3H,1-2H3,(H,6,7);1-2H. The van der Waals surface area contributed by atoms with Crippen molar-refractivity contribution in [2.75, 3.05) is 0 Å². The fourth-order valence-electron chi connectivity index (χ4n) is 0.427. The van der Waals surface area contributed by atoms with Gasteiger partial charge in [-0.1, -0.05) is 6.08 Å². The Kier molecular flexibility index (Phi) is 4.91. The minimum absolute atomic E-state index is 0.389. The largest absolute Gasteiger partial charge is 0.478 e. The number of aliphatic carboxylic acids is 1. The molecule has 0 aromatic rings. The van der Waals surface area contributed by atoms with Crippen LogP contribution in [0.3, 0.4) is 0 Å². The summed E-state index contributed by atoms with van der Waals surface area (Å²) in [6.45, 7) is 3.26. The summed E-state index contributed by atoms with van der Waals surface area (Å²) in [6, 6.07) is 0. The van der Waals surface area contributed by atoms with Crippen molar-refractivity contribution in [2.45, 2.75) is 13.8 Å². The molecule has 0 atom stereocenters. The topological polar surface area (TPSA) is 80.7 Å². The molecule has 76 valence electrons. The van der Waals surface area contributed by atoms with Crippen LogP contribution in [0, 0.1) is 0 Å². The molecular formula is C9H10O5. The summed E-state index contributed by atoms with van der Waals surface area (Å²) in [6.07, 6.45) is 3.73. The first-order chi connectivity index (χ1) is 6.47. The first-order valence-electron chi connectivity index (χ1n) is 3.77. The zero-order valence-corrected chi connectivity index (χ0v) is 7.81. The van der Waals surface area contributed by atoms with Crippen LogP contribution >= 0.6 is 0 Å². The predicted molar refractivity (Wildman–Crippen MR) is 47.3 cm³/mol. The second-order valence-corrected chi connectivity index (χ2v) is 2.35. The van der Waals surface area contributed by atoms with Gasteiger partial charge in [0, 0.05) is 17.7 Å². The summed E-state index contributed by atoms with van der Waals surface area (Å²) in [5.74, 6) is -2.00. The molecule has 0 saturated heterocycles. The van der Waals surface area contributed by atoms with Gasteiger partial charge in [-0.05, 0) is 13.8 Å². The van der Waals surface area contributed by atoms with Crippen molar-refractivity contribution in [3.8, 4) is 0 Å². The highest BCUT2D eigenvalue weighted by molar-refractivity contribution is 6.04. The van der Waals surface area contributed by atoms with Gasteiger partial charge in [-0.2, -0.15) is 0 Å². The van der Waals surface area contributed by atoms with Crippen LogP contribution in [0.15, 0.2) is 23.8 Å². The van der Waals surface area contributed by atoms with Crippen molar-refractivity contribution in [2.24, 2.45) is 0 Å². The SMILES string of the molecule is CC=C(C)C(=O)O.O=C1C=CC(=O)O1. The maximum atomic E-state index is 9.92. The number of ether oxygens (including phenoxy) is 1. The highest BCUT2D eigenvalue weighted by atomic mass is 16.6. The lowest BCUT2D eigenvalue weighted by molar-refractivity contribution is -0.150. The second kappa shape index (κ2) is 5.69. The van der Waals surface area contributed by atoms with Gasteiger partial charge in [-0.15, -0.1) is 0 Å². The second-order valence-electron chi connectivity index (χ2n) is 2.35. The lowest BCUT2D eigenvalue weighted by atomic mass is 10.3. The first kappa shape index (κ1) is 12.1. The molecule has 0 bridgehead atoms. The van der Waals surface area contributed by atoms with Gasteiger partial charge in [-0.3, -0.25) is 0 Å². The molecule has 0 aromatic carbocycles. The van der Waals surface area contributed by atoms with Crippen LogP contribution in [0.1, 0.15) is 13.8 Å². The summed E-state index contributed by atoms with van der Waals surface area (Å²) in [5.41, 5.74) is 0.389. The van der Waals surface area contributed by atoms with E-state index in [0.717, 1.165) is 12.2 Å². The lowest BCUT2D eigenvalue weighted by Crippen LogP contribution is -1.96. The Labute approximate surface area is 80.7 Å². The van der Waals surface area contributed by atoms with Crippen molar-refractivity contribution in [3.63, 3.8) is 0 Å². The number of hydrogen-bond acceptors (Lipinski definition) is 4. The van der Waals surface area contributed by atoms with Crippen molar-refractivity contribution in [1.29, 1.82) is 0 Å². The quantitative estimate of drug-likeness (QED) is 0.380. The number of esters is 2. The fraction of sp³-hybridized carbons (Fsp3) is 0.222. The minimum atomic E-state index is -0.845. The normalized spacial score (nSPS) is 14.6. The van der Waals surface area contributed by atoms with Gasteiger partial charge < -0.3 is 9.84 Å². The number of carbonyl (C=O) groups is 3. The summed E-state index contributed by atoms with van der Waals surface area (Å²) in [5, 5.41) is 8.11. The van der Waals surface area contributed by atoms with Crippen LogP contribution in [-0.2, 0) is 19.1 Å². The van der Waals surface area contributed by atoms with E-state index in [1.54, 1.807) is 19.9 Å². The zero-order valence-electron chi connectivity index (χ0n) is 7.81. The van der Waals surface area contributed by atoms with Crippen molar-refractivity contribution < 1.29 is 24.2 Å². The van der Waals surface area contributed by atoms with E-state index in [9.17, 15) is 14.4 Å². The molecule has 1 rings (SSSR count). The Morgan fingerprint density at radius 3 is 1.86 bits per heavy atom. The van der Waals surface area contributed by atoms with E-state index in [4.69, 9.17) is 5.11 Å². The summed E-state index contributed by atoms with van der Waals surface area (Å²) in [4.78, 5) is 29.7. The number of carboxylic acids is 1. The van der Waals surface area contributed by atoms with Gasteiger partial charge in [0.15, 0.2) is 0 Å². The maximum absolute atomic E-state index is 9.92. The molecule has 1 aliphatic heterocycles. The number of hydrogen-bond donors (Lipinski definition) is 1. The van der Waals surface area contributed by atoms with Gasteiger partial charge >= 0.3 is 17.9 Å². The summed E-state index contributed by atoms with van der Waals surface area (Å²) in [7, 11) is 0. The Bertz CT molecular complexity index is 292. The number of allylic oxidation sites excluding steroid dienone is 1. The Morgan fingerprint density at radius 1 is 1.36 bits per heavy atom. The van der Waals surface area contributed by atoms with E-state index in [1.165, 1.54) is 0 Å². The Hall–Kier alpha value is -1.91. The average Bonchev–Trinajstić information content (AvgIpc) is 2.49. The third kappa shape index (κ3) is 4.87. The molecule has 0 unspecified atom stereocenters. The molecule has 0 amide bonds. The smallest absolute Gasteiger partial charge is 0.338 e. The van der Waals surface area contributed by atoms with Crippen LogP contribution in [-0.4, -0.2) is 23.0 Å². The number of carboxylic acid groups (broad SMARTS) is 1. The van der Waals surface area contributed by atoms with Crippen LogP contribution in [0.25, 0.3) is 0 Å². The molecule has 14 heavy (non-hydrogen) atoms. The van der Waals surface area contributed by atoms with E-state index in [0.29, 0.717) is 5.57 Å². The summed E-state index contributed by atoms with van der Waals surface area (Å²) >= 11 is 0. The molecule has 0 radical (unpaired) electrons. The van der Waals surface area contributed by atoms with Crippen LogP contribution in [0.5, 0.6) is 0 Å². The summed E-state index contributed by atoms with van der Waals surface area (Å²) < 4.78 is 3.97. The predicted octanol–water partition coefficient (Wildman–Crippen LogP) is 0.663. The van der Waals surface area contributed by atoms with E-state index in [1.807, 2.05) is 0 Å². The Morgan fingerprint density at radius 2 is 1.79 bits per heavy atom. The van der Waals surface area contributed by atoms with Gasteiger partial charge in [0.05, 0.1) is 0 Å². The van der Waals surface area contributed by atoms with Crippen LogP contribution in [0.4, 0.5) is 0 Å². The lowest BCUT2D eigenvalue weighted by Gasteiger charge is -1.84. The number of rotatable bonds is 1. The molecule has 0 fully saturated rings. The molecule has 0 saturated carbocycles. The molecular weight excluding hydrogens is 188 g/mol. The van der Waals surface area contributed by atoms with Crippen molar-refractivity contribution >= 4 is 17.9 Å². The minimum Gasteiger partial charge on any atom is -0.478 e. The molecule has 5 nitrogen and oxygen atoms in total. The van der Waals surface area contributed by atoms with E-state index >= 15 is 0 Å². The highest BCUT2D eigenvalue weighted by Gasteiger charge is 2.10. The highest BCUT2D eigenvalue weighted by Crippen LogP contribution is 1.92. The molecule has 1 N–H and O–H groups in total. The van der Waals surface area contributed by atoms with Crippen molar-refractivity contribution in [3.05, 3.63) is 23.8 Å². The van der Waals surface area contributed by atoms with Gasteiger partial charge in [0.25, 0.3) is 0 Å². The number of carbonyl (C=O) groups excluding carboxylic acids is 2. The van der Waals surface area contributed by atoms with Gasteiger partial charge in [0.1, 0.15) is 0 Å². The monoisotopic (exact) mass is 198 g/mol. The maximum Gasteiger partial charge on any atom is 0.338 e. The fourth-order valence-corrected chi connectivity index (χ4v) is 0.427. The first-order valence-corrected chi connectivity index (χ1v) is 3.77. The molecule has 0 spiro atoms.